The number of aromatic amines is 1. The summed E-state index contributed by atoms with van der Waals surface area (Å²) in [5.41, 5.74) is 5.93. The number of nitrogens with zero attached hydrogens (tertiary/aromatic N) is 1. The van der Waals surface area contributed by atoms with Gasteiger partial charge < -0.3 is 19.9 Å². The monoisotopic (exact) mass is 423 g/mol. The summed E-state index contributed by atoms with van der Waals surface area (Å²) in [6.07, 6.45) is 3.04. The molecule has 2 N–H and O–H groups in total. The van der Waals surface area contributed by atoms with Crippen LogP contribution in [0, 0.1) is 12.8 Å². The summed E-state index contributed by atoms with van der Waals surface area (Å²) in [4.78, 5) is 19.1. The predicted octanol–water partition coefficient (Wildman–Crippen LogP) is 4.24. The third-order valence-electron chi connectivity index (χ3n) is 7.54. The number of amides is 1. The van der Waals surface area contributed by atoms with E-state index in [0.29, 0.717) is 5.92 Å². The van der Waals surface area contributed by atoms with Gasteiger partial charge in [0.25, 0.3) is 5.91 Å². The van der Waals surface area contributed by atoms with E-state index in [1.807, 2.05) is 11.0 Å². The predicted molar refractivity (Wildman–Crippen MR) is 125 cm³/mol. The van der Waals surface area contributed by atoms with Crippen molar-refractivity contribution >= 4 is 5.91 Å². The van der Waals surface area contributed by atoms with E-state index in [-0.39, 0.29) is 23.4 Å². The molecule has 1 aliphatic heterocycles. The SMILES string of the molecule is COc1cccc(C23CCNCC2Cc2c([nH]c(C(=O)N(C(C)C)C(C)C)c2C)C3)c1. The minimum Gasteiger partial charge on any atom is -0.497 e. The van der Waals surface area contributed by atoms with Crippen LogP contribution in [-0.2, 0) is 18.3 Å². The highest BCUT2D eigenvalue weighted by molar-refractivity contribution is 5.95. The zero-order chi connectivity index (χ0) is 22.3. The number of nitrogens with one attached hydrogen (secondary N) is 2. The molecular weight excluding hydrogens is 386 g/mol. The van der Waals surface area contributed by atoms with E-state index >= 15 is 0 Å². The highest BCUT2D eigenvalue weighted by Gasteiger charge is 2.47. The molecule has 0 spiro atoms. The van der Waals surface area contributed by atoms with Crippen molar-refractivity contribution in [1.82, 2.24) is 15.2 Å². The number of hydrogen-bond donors (Lipinski definition) is 2. The van der Waals surface area contributed by atoms with Crippen LogP contribution in [0.15, 0.2) is 24.3 Å². The fourth-order valence-electron chi connectivity index (χ4n) is 6.00. The van der Waals surface area contributed by atoms with Gasteiger partial charge in [0.15, 0.2) is 0 Å². The molecule has 2 unspecified atom stereocenters. The summed E-state index contributed by atoms with van der Waals surface area (Å²) in [5, 5.41) is 3.62. The fraction of sp³-hybridized carbons (Fsp3) is 0.577. The molecule has 2 atom stereocenters. The number of hydrogen-bond acceptors (Lipinski definition) is 3. The van der Waals surface area contributed by atoms with E-state index in [9.17, 15) is 4.79 Å². The van der Waals surface area contributed by atoms with Gasteiger partial charge in [-0.25, -0.2) is 0 Å². The maximum absolute atomic E-state index is 13.5. The van der Waals surface area contributed by atoms with Crippen molar-refractivity contribution < 1.29 is 9.53 Å². The Morgan fingerprint density at radius 3 is 2.65 bits per heavy atom. The van der Waals surface area contributed by atoms with Crippen molar-refractivity contribution in [1.29, 1.82) is 0 Å². The zero-order valence-corrected chi connectivity index (χ0v) is 19.8. The number of benzene rings is 1. The first-order valence-electron chi connectivity index (χ1n) is 11.7. The van der Waals surface area contributed by atoms with Crippen molar-refractivity contribution in [2.24, 2.45) is 5.92 Å². The van der Waals surface area contributed by atoms with Crippen molar-refractivity contribution in [2.45, 2.75) is 71.4 Å². The van der Waals surface area contributed by atoms with E-state index in [1.165, 1.54) is 16.8 Å². The van der Waals surface area contributed by atoms with E-state index < -0.39 is 0 Å². The summed E-state index contributed by atoms with van der Waals surface area (Å²) in [7, 11) is 1.73. The second kappa shape index (κ2) is 8.34. The Kier molecular flexibility index (Phi) is 5.91. The normalized spacial score (nSPS) is 22.9. The Morgan fingerprint density at radius 2 is 1.97 bits per heavy atom. The summed E-state index contributed by atoms with van der Waals surface area (Å²) in [6.45, 7) is 12.5. The van der Waals surface area contributed by atoms with Crippen LogP contribution in [0.2, 0.25) is 0 Å². The Hall–Kier alpha value is -2.27. The maximum Gasteiger partial charge on any atom is 0.271 e. The lowest BCUT2D eigenvalue weighted by Crippen LogP contribution is -2.52. The molecule has 1 aliphatic carbocycles. The highest BCUT2D eigenvalue weighted by Crippen LogP contribution is 2.48. The largest absolute Gasteiger partial charge is 0.497 e. The Bertz CT molecular complexity index is 954. The zero-order valence-electron chi connectivity index (χ0n) is 19.8. The maximum atomic E-state index is 13.5. The number of carbonyl (C=O) groups is 1. The lowest BCUT2D eigenvalue weighted by molar-refractivity contribution is 0.0637. The molecular formula is C26H37N3O2. The number of fused-ring (bicyclic) bond motifs is 2. The van der Waals surface area contributed by atoms with Gasteiger partial charge in [-0.3, -0.25) is 4.79 Å². The molecule has 1 amide bonds. The molecule has 1 saturated heterocycles. The first kappa shape index (κ1) is 21.9. The molecule has 5 heteroatoms. The molecule has 2 aliphatic rings. The first-order valence-corrected chi connectivity index (χ1v) is 11.7. The third kappa shape index (κ3) is 3.67. The lowest BCUT2D eigenvalue weighted by Gasteiger charge is -2.48. The van der Waals surface area contributed by atoms with E-state index in [2.05, 4.69) is 63.1 Å². The molecule has 31 heavy (non-hydrogen) atoms. The first-order chi connectivity index (χ1) is 14.8. The summed E-state index contributed by atoms with van der Waals surface area (Å²) < 4.78 is 5.54. The minimum absolute atomic E-state index is 0.0696. The smallest absolute Gasteiger partial charge is 0.271 e. The van der Waals surface area contributed by atoms with Crippen LogP contribution in [0.5, 0.6) is 5.75 Å². The van der Waals surface area contributed by atoms with Crippen LogP contribution in [0.4, 0.5) is 0 Å². The number of piperidine rings is 1. The van der Waals surface area contributed by atoms with E-state index in [0.717, 1.165) is 49.4 Å². The number of carbonyl (C=O) groups excluding carboxylic acids is 1. The average molecular weight is 424 g/mol. The fourth-order valence-corrected chi connectivity index (χ4v) is 6.00. The van der Waals surface area contributed by atoms with Crippen LogP contribution in [-0.4, -0.2) is 48.1 Å². The van der Waals surface area contributed by atoms with Crippen molar-refractivity contribution in [3.05, 3.63) is 52.3 Å². The lowest BCUT2D eigenvalue weighted by atomic mass is 9.59. The summed E-state index contributed by atoms with van der Waals surface area (Å²) >= 11 is 0. The second-order valence-electron chi connectivity index (χ2n) is 9.90. The van der Waals surface area contributed by atoms with Gasteiger partial charge in [-0.2, -0.15) is 0 Å². The molecule has 2 aromatic rings. The van der Waals surface area contributed by atoms with Crippen molar-refractivity contribution in [3.8, 4) is 5.75 Å². The molecule has 0 bridgehead atoms. The Labute approximate surface area is 186 Å². The van der Waals surface area contributed by atoms with E-state index in [1.54, 1.807) is 7.11 Å². The van der Waals surface area contributed by atoms with Gasteiger partial charge in [-0.05, 0) is 102 Å². The quantitative estimate of drug-likeness (QED) is 0.756. The molecule has 4 rings (SSSR count). The molecule has 1 fully saturated rings. The Balaban J connectivity index is 1.76. The summed E-state index contributed by atoms with van der Waals surface area (Å²) in [6, 6.07) is 8.93. The number of H-pyrrole nitrogens is 1. The van der Waals surface area contributed by atoms with Gasteiger partial charge in [0.2, 0.25) is 0 Å². The molecule has 1 aromatic carbocycles. The average Bonchev–Trinajstić information content (AvgIpc) is 3.06. The van der Waals surface area contributed by atoms with Gasteiger partial charge in [-0.1, -0.05) is 12.1 Å². The van der Waals surface area contributed by atoms with Gasteiger partial charge >= 0.3 is 0 Å². The molecule has 0 radical (unpaired) electrons. The van der Waals surface area contributed by atoms with Crippen molar-refractivity contribution in [2.75, 3.05) is 20.2 Å². The minimum atomic E-state index is 0.0696. The van der Waals surface area contributed by atoms with Crippen LogP contribution >= 0.6 is 0 Å². The number of rotatable bonds is 5. The van der Waals surface area contributed by atoms with Gasteiger partial charge in [0.05, 0.1) is 7.11 Å². The molecule has 2 heterocycles. The number of methoxy groups -OCH3 is 1. The molecule has 1 aromatic heterocycles. The van der Waals surface area contributed by atoms with Crippen LogP contribution < -0.4 is 10.1 Å². The molecule has 168 valence electrons. The van der Waals surface area contributed by atoms with Crippen LogP contribution in [0.3, 0.4) is 0 Å². The Morgan fingerprint density at radius 1 is 1.23 bits per heavy atom. The summed E-state index contributed by atoms with van der Waals surface area (Å²) in [5.74, 6) is 1.54. The van der Waals surface area contributed by atoms with Gasteiger partial charge in [-0.15, -0.1) is 0 Å². The molecule has 5 nitrogen and oxygen atoms in total. The van der Waals surface area contributed by atoms with Crippen LogP contribution in [0.1, 0.15) is 67.0 Å². The molecule has 0 saturated carbocycles. The van der Waals surface area contributed by atoms with Crippen LogP contribution in [0.25, 0.3) is 0 Å². The van der Waals surface area contributed by atoms with Gasteiger partial charge in [0.1, 0.15) is 11.4 Å². The second-order valence-corrected chi connectivity index (χ2v) is 9.90. The standard InChI is InChI=1S/C26H37N3O2/c1-16(2)29(17(3)4)25(30)24-18(5)22-13-20-15-27-11-10-26(20,14-23(22)28-24)19-8-7-9-21(12-19)31-6/h7-9,12,16-17,20,27-28H,10-11,13-15H2,1-6H3. The highest BCUT2D eigenvalue weighted by atomic mass is 16.5. The van der Waals surface area contributed by atoms with Gasteiger partial charge in [0, 0.05) is 23.2 Å². The number of ether oxygens (including phenoxy) is 1. The topological polar surface area (TPSA) is 57.4 Å². The van der Waals surface area contributed by atoms with E-state index in [4.69, 9.17) is 4.74 Å². The third-order valence-corrected chi connectivity index (χ3v) is 7.54. The van der Waals surface area contributed by atoms with Crippen molar-refractivity contribution in [3.63, 3.8) is 0 Å². The number of aromatic nitrogens is 1.